The standard InChI is InChI=1S/C17H20/c1-2-14-12-16(15-8-4-3-5-9-15)17(13-14)10-6-7-11-17/h3-5,8-9,12-13H,2,6-7,10-11H2,1H3. The van der Waals surface area contributed by atoms with Crippen LogP contribution in [-0.2, 0) is 0 Å². The topological polar surface area (TPSA) is 0 Å². The van der Waals surface area contributed by atoms with Crippen molar-refractivity contribution in [1.82, 2.24) is 0 Å². The van der Waals surface area contributed by atoms with Crippen LogP contribution in [0.4, 0.5) is 0 Å². The highest BCUT2D eigenvalue weighted by Crippen LogP contribution is 2.53. The molecule has 0 saturated heterocycles. The fraction of sp³-hybridized carbons (Fsp3) is 0.412. The largest absolute Gasteiger partial charge is 0.0707 e. The SMILES string of the molecule is CCC1=CC2(CCCC2)C(c2ccccc2)=C1. The summed E-state index contributed by atoms with van der Waals surface area (Å²) in [6.45, 7) is 2.26. The lowest BCUT2D eigenvalue weighted by Crippen LogP contribution is -2.12. The third-order valence-corrected chi connectivity index (χ3v) is 4.32. The molecule has 0 radical (unpaired) electrons. The van der Waals surface area contributed by atoms with E-state index in [0.29, 0.717) is 5.41 Å². The Morgan fingerprint density at radius 1 is 1.06 bits per heavy atom. The zero-order valence-corrected chi connectivity index (χ0v) is 10.6. The van der Waals surface area contributed by atoms with E-state index in [1.54, 1.807) is 5.57 Å². The van der Waals surface area contributed by atoms with Gasteiger partial charge in [-0.25, -0.2) is 0 Å². The van der Waals surface area contributed by atoms with Crippen LogP contribution in [0.3, 0.4) is 0 Å². The second-order valence-corrected chi connectivity index (χ2v) is 5.36. The summed E-state index contributed by atoms with van der Waals surface area (Å²) in [5.41, 5.74) is 4.92. The number of benzene rings is 1. The van der Waals surface area contributed by atoms with Crippen molar-refractivity contribution in [2.24, 2.45) is 5.41 Å². The molecule has 1 aromatic carbocycles. The minimum Gasteiger partial charge on any atom is -0.0707 e. The minimum atomic E-state index is 0.382. The first-order chi connectivity index (χ1) is 8.34. The van der Waals surface area contributed by atoms with Gasteiger partial charge in [-0.15, -0.1) is 0 Å². The molecule has 0 unspecified atom stereocenters. The van der Waals surface area contributed by atoms with Gasteiger partial charge in [0.2, 0.25) is 0 Å². The van der Waals surface area contributed by atoms with E-state index in [4.69, 9.17) is 0 Å². The number of allylic oxidation sites excluding steroid dienone is 4. The summed E-state index contributed by atoms with van der Waals surface area (Å²) in [7, 11) is 0. The summed E-state index contributed by atoms with van der Waals surface area (Å²) in [6.07, 6.45) is 11.6. The van der Waals surface area contributed by atoms with Gasteiger partial charge in [0.05, 0.1) is 0 Å². The lowest BCUT2D eigenvalue weighted by atomic mass is 9.78. The van der Waals surface area contributed by atoms with E-state index in [9.17, 15) is 0 Å². The van der Waals surface area contributed by atoms with Gasteiger partial charge < -0.3 is 0 Å². The van der Waals surface area contributed by atoms with Crippen LogP contribution >= 0.6 is 0 Å². The van der Waals surface area contributed by atoms with Crippen LogP contribution in [0.5, 0.6) is 0 Å². The first-order valence-electron chi connectivity index (χ1n) is 6.83. The van der Waals surface area contributed by atoms with Crippen LogP contribution in [0.15, 0.2) is 48.1 Å². The van der Waals surface area contributed by atoms with Crippen LogP contribution < -0.4 is 0 Å². The fourth-order valence-corrected chi connectivity index (χ4v) is 3.42. The first-order valence-corrected chi connectivity index (χ1v) is 6.83. The van der Waals surface area contributed by atoms with Gasteiger partial charge in [-0.3, -0.25) is 0 Å². The molecular weight excluding hydrogens is 204 g/mol. The van der Waals surface area contributed by atoms with Crippen LogP contribution in [0.25, 0.3) is 5.57 Å². The number of hydrogen-bond donors (Lipinski definition) is 0. The summed E-state index contributed by atoms with van der Waals surface area (Å²) in [5, 5.41) is 0. The van der Waals surface area contributed by atoms with E-state index in [1.165, 1.54) is 36.8 Å². The van der Waals surface area contributed by atoms with Gasteiger partial charge in [-0.1, -0.05) is 67.8 Å². The van der Waals surface area contributed by atoms with Gasteiger partial charge in [0.15, 0.2) is 0 Å². The highest BCUT2D eigenvalue weighted by molar-refractivity contribution is 5.78. The second-order valence-electron chi connectivity index (χ2n) is 5.36. The van der Waals surface area contributed by atoms with Gasteiger partial charge >= 0.3 is 0 Å². The molecule has 1 aromatic rings. The minimum absolute atomic E-state index is 0.382. The second kappa shape index (κ2) is 4.18. The maximum Gasteiger partial charge on any atom is 0.0144 e. The molecule has 2 aliphatic rings. The molecule has 0 aromatic heterocycles. The van der Waals surface area contributed by atoms with E-state index in [1.807, 2.05) is 0 Å². The molecule has 0 amide bonds. The molecule has 2 aliphatic carbocycles. The summed E-state index contributed by atoms with van der Waals surface area (Å²) in [5.74, 6) is 0. The van der Waals surface area contributed by atoms with Crippen molar-refractivity contribution in [2.45, 2.75) is 39.0 Å². The zero-order chi connectivity index (χ0) is 11.7. The van der Waals surface area contributed by atoms with Crippen molar-refractivity contribution in [3.63, 3.8) is 0 Å². The van der Waals surface area contributed by atoms with Gasteiger partial charge in [-0.05, 0) is 30.4 Å². The molecule has 1 spiro atoms. The maximum atomic E-state index is 2.56. The van der Waals surface area contributed by atoms with E-state index in [-0.39, 0.29) is 0 Å². The average Bonchev–Trinajstić information content (AvgIpc) is 2.99. The van der Waals surface area contributed by atoms with Crippen molar-refractivity contribution in [2.75, 3.05) is 0 Å². The van der Waals surface area contributed by atoms with Crippen molar-refractivity contribution in [1.29, 1.82) is 0 Å². The van der Waals surface area contributed by atoms with E-state index in [0.717, 1.165) is 6.42 Å². The molecule has 3 rings (SSSR count). The van der Waals surface area contributed by atoms with E-state index >= 15 is 0 Å². The number of hydrogen-bond acceptors (Lipinski definition) is 0. The molecule has 0 heteroatoms. The average molecular weight is 224 g/mol. The summed E-state index contributed by atoms with van der Waals surface area (Å²) in [6, 6.07) is 10.9. The fourth-order valence-electron chi connectivity index (χ4n) is 3.42. The Hall–Kier alpha value is -1.30. The Bertz CT molecular complexity index is 456. The Morgan fingerprint density at radius 2 is 1.76 bits per heavy atom. The molecule has 88 valence electrons. The lowest BCUT2D eigenvalue weighted by Gasteiger charge is -2.25. The molecular formula is C17H20. The maximum absolute atomic E-state index is 2.56. The molecule has 0 N–H and O–H groups in total. The first kappa shape index (κ1) is 10.8. The van der Waals surface area contributed by atoms with Crippen molar-refractivity contribution in [3.05, 3.63) is 53.6 Å². The molecule has 0 bridgehead atoms. The summed E-state index contributed by atoms with van der Waals surface area (Å²) in [4.78, 5) is 0. The monoisotopic (exact) mass is 224 g/mol. The van der Waals surface area contributed by atoms with Crippen LogP contribution in [0.2, 0.25) is 0 Å². The van der Waals surface area contributed by atoms with Gasteiger partial charge in [-0.2, -0.15) is 0 Å². The Labute approximate surface area is 104 Å². The molecule has 0 atom stereocenters. The highest BCUT2D eigenvalue weighted by Gasteiger charge is 2.38. The van der Waals surface area contributed by atoms with Gasteiger partial charge in [0, 0.05) is 5.41 Å². The molecule has 0 aliphatic heterocycles. The number of rotatable bonds is 2. The van der Waals surface area contributed by atoms with Gasteiger partial charge in [0.1, 0.15) is 0 Å². The van der Waals surface area contributed by atoms with E-state index in [2.05, 4.69) is 49.4 Å². The van der Waals surface area contributed by atoms with Crippen molar-refractivity contribution < 1.29 is 0 Å². The Kier molecular flexibility index (Phi) is 2.66. The normalized spacial score (nSPS) is 21.7. The zero-order valence-electron chi connectivity index (χ0n) is 10.6. The van der Waals surface area contributed by atoms with E-state index < -0.39 is 0 Å². The quantitative estimate of drug-likeness (QED) is 0.664. The highest BCUT2D eigenvalue weighted by atomic mass is 14.4. The predicted molar refractivity (Wildman–Crippen MR) is 73.7 cm³/mol. The molecule has 1 saturated carbocycles. The van der Waals surface area contributed by atoms with Crippen LogP contribution in [-0.4, -0.2) is 0 Å². The van der Waals surface area contributed by atoms with Crippen LogP contribution in [0, 0.1) is 5.41 Å². The summed E-state index contributed by atoms with van der Waals surface area (Å²) < 4.78 is 0. The van der Waals surface area contributed by atoms with Gasteiger partial charge in [0.25, 0.3) is 0 Å². The predicted octanol–water partition coefficient (Wildman–Crippen LogP) is 4.98. The van der Waals surface area contributed by atoms with Crippen molar-refractivity contribution >= 4 is 5.57 Å². The molecule has 0 heterocycles. The third kappa shape index (κ3) is 1.76. The summed E-state index contributed by atoms with van der Waals surface area (Å²) >= 11 is 0. The van der Waals surface area contributed by atoms with Crippen LogP contribution in [0.1, 0.15) is 44.6 Å². The molecule has 1 fully saturated rings. The lowest BCUT2D eigenvalue weighted by molar-refractivity contribution is 0.540. The van der Waals surface area contributed by atoms with Crippen molar-refractivity contribution in [3.8, 4) is 0 Å². The molecule has 17 heavy (non-hydrogen) atoms. The molecule has 0 nitrogen and oxygen atoms in total. The smallest absolute Gasteiger partial charge is 0.0144 e. The Balaban J connectivity index is 2.04. The Morgan fingerprint density at radius 3 is 2.41 bits per heavy atom. The third-order valence-electron chi connectivity index (χ3n) is 4.32.